The van der Waals surface area contributed by atoms with Crippen molar-refractivity contribution in [1.29, 1.82) is 0 Å². The molecule has 2 aliphatic heterocycles. The van der Waals surface area contributed by atoms with E-state index in [1.54, 1.807) is 22.7 Å². The molecule has 3 aromatic heterocycles. The normalized spacial score (nSPS) is 18.9. The van der Waals surface area contributed by atoms with Gasteiger partial charge in [0.25, 0.3) is 0 Å². The molecule has 2 aliphatic rings. The maximum absolute atomic E-state index is 14.1. The van der Waals surface area contributed by atoms with Crippen LogP contribution in [-0.4, -0.2) is 111 Å². The van der Waals surface area contributed by atoms with Gasteiger partial charge in [-0.2, -0.15) is 0 Å². The summed E-state index contributed by atoms with van der Waals surface area (Å²) in [5, 5.41) is 30.7. The zero-order valence-electron chi connectivity index (χ0n) is 39.8. The van der Waals surface area contributed by atoms with Gasteiger partial charge in [-0.05, 0) is 74.4 Å². The van der Waals surface area contributed by atoms with Crippen LogP contribution in [0.25, 0.3) is 15.4 Å². The molecule has 0 saturated carbocycles. The number of halogens is 1. The highest BCUT2D eigenvalue weighted by Gasteiger charge is 2.45. The Kier molecular flexibility index (Phi) is 16.5. The zero-order valence-corrected chi connectivity index (χ0v) is 42.1. The number of esters is 1. The van der Waals surface area contributed by atoms with Crippen LogP contribution in [0.5, 0.6) is 0 Å². The molecule has 1 unspecified atom stereocenters. The van der Waals surface area contributed by atoms with Crippen molar-refractivity contribution in [3.05, 3.63) is 104 Å². The predicted molar refractivity (Wildman–Crippen MR) is 261 cm³/mol. The third-order valence-electron chi connectivity index (χ3n) is 12.4. The molecule has 16 nitrogen and oxygen atoms in total. The number of rotatable bonds is 18. The molecule has 68 heavy (non-hydrogen) atoms. The number of likely N-dealkylation sites (tertiary alicyclic amines) is 1. The second kappa shape index (κ2) is 22.1. The van der Waals surface area contributed by atoms with E-state index < -0.39 is 47.4 Å². The van der Waals surface area contributed by atoms with E-state index in [0.717, 1.165) is 49.2 Å². The van der Waals surface area contributed by atoms with Crippen LogP contribution in [0.15, 0.2) is 54.0 Å². The first-order valence-corrected chi connectivity index (χ1v) is 24.9. The van der Waals surface area contributed by atoms with Crippen molar-refractivity contribution in [2.24, 2.45) is 5.41 Å². The predicted octanol–water partition coefficient (Wildman–Crippen LogP) is 6.80. The maximum Gasteiger partial charge on any atom is 0.307 e. The number of thiazole rings is 1. The number of benzene rings is 2. The number of thiophene rings is 1. The first-order valence-electron chi connectivity index (χ1n) is 22.8. The Labute approximate surface area is 410 Å². The molecule has 2 aromatic carbocycles. The summed E-state index contributed by atoms with van der Waals surface area (Å²) >= 11 is 9.49. The van der Waals surface area contributed by atoms with Crippen molar-refractivity contribution < 1.29 is 38.5 Å². The van der Waals surface area contributed by atoms with E-state index in [-0.39, 0.29) is 76.8 Å². The Morgan fingerprint density at radius 2 is 1.63 bits per heavy atom. The summed E-state index contributed by atoms with van der Waals surface area (Å²) in [6.45, 7) is 16.1. The molecule has 0 bridgehead atoms. The minimum atomic E-state index is -0.963. The van der Waals surface area contributed by atoms with Gasteiger partial charge in [0.2, 0.25) is 17.7 Å². The van der Waals surface area contributed by atoms with Crippen molar-refractivity contribution in [3.63, 3.8) is 0 Å². The number of aliphatic hydroxyl groups is 1. The number of aromatic nitrogens is 4. The molecule has 6 atom stereocenters. The molecule has 0 radical (unpaired) electrons. The fraction of sp³-hybridized carbons (Fsp3) is 0.490. The van der Waals surface area contributed by atoms with Gasteiger partial charge in [0.15, 0.2) is 5.82 Å². The van der Waals surface area contributed by atoms with Gasteiger partial charge < -0.3 is 34.9 Å². The Hall–Kier alpha value is -5.08. The second-order valence-corrected chi connectivity index (χ2v) is 20.9. The summed E-state index contributed by atoms with van der Waals surface area (Å²) < 4.78 is 18.9. The fourth-order valence-corrected chi connectivity index (χ4v) is 10.8. The van der Waals surface area contributed by atoms with E-state index in [1.807, 2.05) is 100 Å². The van der Waals surface area contributed by atoms with Crippen molar-refractivity contribution in [2.75, 3.05) is 39.6 Å². The van der Waals surface area contributed by atoms with Gasteiger partial charge in [0.1, 0.15) is 29.5 Å². The van der Waals surface area contributed by atoms with Crippen molar-refractivity contribution in [2.45, 2.75) is 111 Å². The van der Waals surface area contributed by atoms with Crippen molar-refractivity contribution in [3.8, 4) is 15.4 Å². The number of aliphatic hydroxyl groups excluding tert-OH is 1. The van der Waals surface area contributed by atoms with Crippen LogP contribution in [0.2, 0.25) is 5.02 Å². The third-order valence-corrected chi connectivity index (χ3v) is 14.8. The molecule has 1 fully saturated rings. The van der Waals surface area contributed by atoms with Crippen LogP contribution < -0.4 is 16.0 Å². The van der Waals surface area contributed by atoms with Gasteiger partial charge in [-0.3, -0.25) is 29.1 Å². The van der Waals surface area contributed by atoms with Crippen LogP contribution in [0.3, 0.4) is 0 Å². The van der Waals surface area contributed by atoms with E-state index in [2.05, 4.69) is 45.0 Å². The van der Waals surface area contributed by atoms with Crippen molar-refractivity contribution in [1.82, 2.24) is 40.6 Å². The van der Waals surface area contributed by atoms with Crippen LogP contribution in [0.1, 0.15) is 110 Å². The number of nitrogens with zero attached hydrogens (tertiary/aromatic N) is 5. The average Bonchev–Trinajstić information content (AvgIpc) is 4.07. The largest absolute Gasteiger partial charge is 0.463 e. The molecule has 0 spiro atoms. The smallest absolute Gasteiger partial charge is 0.307 e. The summed E-state index contributed by atoms with van der Waals surface area (Å²) in [4.78, 5) is 62.1. The van der Waals surface area contributed by atoms with Crippen LogP contribution >= 0.6 is 34.3 Å². The number of nitrogens with one attached hydrogen (secondary N) is 3. The summed E-state index contributed by atoms with van der Waals surface area (Å²) in [6.07, 6.45) is -0.803. The first kappa shape index (κ1) is 50.8. The van der Waals surface area contributed by atoms with E-state index >= 15 is 0 Å². The molecule has 1 saturated heterocycles. The molecule has 5 aromatic rings. The number of carbonyl (C=O) groups is 4. The molecule has 19 heteroatoms. The third kappa shape index (κ3) is 11.8. The highest BCUT2D eigenvalue weighted by Crippen LogP contribution is 2.43. The van der Waals surface area contributed by atoms with Crippen LogP contribution in [0, 0.1) is 33.1 Å². The second-order valence-electron chi connectivity index (χ2n) is 18.4. The molecule has 7 rings (SSSR count). The Morgan fingerprint density at radius 3 is 2.31 bits per heavy atom. The fourth-order valence-electron chi connectivity index (χ4n) is 8.59. The highest BCUT2D eigenvalue weighted by molar-refractivity contribution is 7.15. The van der Waals surface area contributed by atoms with Gasteiger partial charge in [-0.1, -0.05) is 68.8 Å². The maximum atomic E-state index is 14.1. The highest BCUT2D eigenvalue weighted by atomic mass is 35.5. The Morgan fingerprint density at radius 1 is 0.941 bits per heavy atom. The summed E-state index contributed by atoms with van der Waals surface area (Å²) in [7, 11) is 0. The lowest BCUT2D eigenvalue weighted by molar-refractivity contribution is -0.146. The van der Waals surface area contributed by atoms with Gasteiger partial charge in [0, 0.05) is 34.8 Å². The van der Waals surface area contributed by atoms with Crippen molar-refractivity contribution >= 4 is 58.0 Å². The topological polar surface area (TPSA) is 199 Å². The molecular formula is C49H61ClN8O8S2. The minimum absolute atomic E-state index is 0.0160. The van der Waals surface area contributed by atoms with Crippen LogP contribution in [0.4, 0.5) is 0 Å². The SMILES string of the molecule is Cc1ncsc1-c1ccc([C@H](C)NC(=O)[C@@H]2C[C@@H](O)CN2C(=O)[C@@H](NC(=O)CCOCCOCCOC(=O)C[C@@H]2NC(c3ccc(Cl)cc3)c3c(sc(C)c3C)-n3c(C)nnc32)C(C)(C)C)cc1. The molecular weight excluding hydrogens is 928 g/mol. The number of ether oxygens (including phenoxy) is 3. The Balaban J connectivity index is 0.832. The zero-order chi connectivity index (χ0) is 48.9. The number of carbonyl (C=O) groups excluding carboxylic acids is 4. The van der Waals surface area contributed by atoms with E-state index in [4.69, 9.17) is 25.8 Å². The van der Waals surface area contributed by atoms with Gasteiger partial charge in [-0.25, -0.2) is 4.98 Å². The van der Waals surface area contributed by atoms with Gasteiger partial charge in [-0.15, -0.1) is 32.9 Å². The van der Waals surface area contributed by atoms with E-state index in [0.29, 0.717) is 10.8 Å². The summed E-state index contributed by atoms with van der Waals surface area (Å²) in [5.74, 6) is -0.278. The van der Waals surface area contributed by atoms with Gasteiger partial charge in [0.05, 0.1) is 73.2 Å². The number of fused-ring (bicyclic) bond motifs is 3. The Bertz CT molecular complexity index is 2570. The van der Waals surface area contributed by atoms with E-state index in [9.17, 15) is 24.3 Å². The monoisotopic (exact) mass is 988 g/mol. The molecule has 0 aliphatic carbocycles. The molecule has 5 heterocycles. The quantitative estimate of drug-likeness (QED) is 0.0530. The lowest BCUT2D eigenvalue weighted by Gasteiger charge is -2.35. The van der Waals surface area contributed by atoms with E-state index in [1.165, 1.54) is 9.78 Å². The van der Waals surface area contributed by atoms with Crippen LogP contribution in [-0.2, 0) is 33.4 Å². The molecule has 364 valence electrons. The minimum Gasteiger partial charge on any atom is -0.463 e. The number of amides is 3. The summed E-state index contributed by atoms with van der Waals surface area (Å²) in [6, 6.07) is 12.7. The number of β-amino-alcohol motifs (C(OH)–C–C–N with tert-alkyl or cyclic N) is 1. The number of hydrogen-bond acceptors (Lipinski definition) is 14. The molecule has 3 amide bonds. The average molecular weight is 990 g/mol. The molecule has 4 N–H and O–H groups in total. The number of aryl methyl sites for hydroxylation is 3. The van der Waals surface area contributed by atoms with Gasteiger partial charge >= 0.3 is 5.97 Å². The first-order chi connectivity index (χ1) is 32.4. The lowest BCUT2D eigenvalue weighted by atomic mass is 9.85. The standard InChI is InChI=1S/C49H61ClN8O8S2/c1-27-30(4)68-48-41(27)42(33-13-15-35(50)16-14-33)53-37(45-56-55-31(5)58(45)48)24-40(61)66-22-21-65-20-19-64-18-17-39(60)54-44(49(6,7)8)47(63)57-25-36(59)23-38(57)46(62)52-28(2)32-9-11-34(12-10-32)43-29(3)51-26-67-43/h9-16,26,28,36-38,42,44,53,59H,17-25H2,1-8H3,(H,52,62)(H,54,60)/t28-,36+,37-,38-,42?,44+/m0/s1. The number of hydrogen-bond donors (Lipinski definition) is 4. The lowest BCUT2D eigenvalue weighted by Crippen LogP contribution is -2.58. The summed E-state index contributed by atoms with van der Waals surface area (Å²) in [5.41, 5.74) is 7.28.